The number of quaternary nitrogens is 1. The van der Waals surface area contributed by atoms with E-state index in [9.17, 15) is 9.90 Å². The molecule has 0 bridgehead atoms. The molecule has 3 aromatic rings. The van der Waals surface area contributed by atoms with Gasteiger partial charge in [-0.25, -0.2) is 4.68 Å². The van der Waals surface area contributed by atoms with Crippen molar-refractivity contribution in [1.82, 2.24) is 25.2 Å². The molecule has 168 valence electrons. The van der Waals surface area contributed by atoms with Gasteiger partial charge in [-0.2, -0.15) is 0 Å². The van der Waals surface area contributed by atoms with Crippen LogP contribution in [-0.2, 0) is 12.1 Å². The fraction of sp³-hybridized carbons (Fsp3) is 0.565. The lowest BCUT2D eigenvalue weighted by atomic mass is 10.0. The highest BCUT2D eigenvalue weighted by atomic mass is 16.3. The first-order valence-corrected chi connectivity index (χ1v) is 11.2. The molecule has 0 aliphatic carbocycles. The summed E-state index contributed by atoms with van der Waals surface area (Å²) < 4.78 is 1.92. The number of fused-ring (bicyclic) bond motifs is 1. The Balaban J connectivity index is 2.02. The molecule has 2 aromatic heterocycles. The van der Waals surface area contributed by atoms with Crippen LogP contribution in [-0.4, -0.2) is 43.4 Å². The minimum absolute atomic E-state index is 0.0226. The molecule has 1 aromatic carbocycles. The minimum atomic E-state index is -0.215. The van der Waals surface area contributed by atoms with Crippen LogP contribution >= 0.6 is 0 Å². The van der Waals surface area contributed by atoms with E-state index in [1.165, 1.54) is 0 Å². The second kappa shape index (κ2) is 9.70. The van der Waals surface area contributed by atoms with Crippen LogP contribution in [0.15, 0.2) is 29.1 Å². The number of hydrogen-bond acceptors (Lipinski definition) is 5. The van der Waals surface area contributed by atoms with Crippen LogP contribution in [0.1, 0.15) is 70.0 Å². The van der Waals surface area contributed by atoms with E-state index in [1.807, 2.05) is 29.8 Å². The maximum Gasteiger partial charge on any atom is 0.257 e. The molecule has 0 amide bonds. The van der Waals surface area contributed by atoms with Crippen LogP contribution < -0.4 is 10.5 Å². The monoisotopic (exact) mass is 427 g/mol. The molecule has 3 N–H and O–H groups in total. The van der Waals surface area contributed by atoms with Crippen LogP contribution in [0.3, 0.4) is 0 Å². The van der Waals surface area contributed by atoms with Crippen molar-refractivity contribution in [2.24, 2.45) is 0 Å². The molecule has 31 heavy (non-hydrogen) atoms. The van der Waals surface area contributed by atoms with E-state index in [4.69, 9.17) is 0 Å². The number of benzene rings is 1. The lowest BCUT2D eigenvalue weighted by Crippen LogP contribution is -3.11. The van der Waals surface area contributed by atoms with Crippen molar-refractivity contribution in [3.8, 4) is 0 Å². The molecule has 0 saturated carbocycles. The number of aromatic nitrogens is 5. The van der Waals surface area contributed by atoms with Gasteiger partial charge >= 0.3 is 0 Å². The van der Waals surface area contributed by atoms with Crippen molar-refractivity contribution in [2.45, 2.75) is 72.0 Å². The predicted molar refractivity (Wildman–Crippen MR) is 121 cm³/mol. The molecule has 2 heterocycles. The van der Waals surface area contributed by atoms with Crippen LogP contribution in [0.25, 0.3) is 10.9 Å². The Kier molecular flexibility index (Phi) is 7.23. The number of aliphatic hydroxyl groups is 1. The van der Waals surface area contributed by atoms with Gasteiger partial charge in [-0.05, 0) is 61.2 Å². The smallest absolute Gasteiger partial charge is 0.257 e. The molecule has 0 aliphatic rings. The van der Waals surface area contributed by atoms with Gasteiger partial charge in [-0.3, -0.25) is 4.79 Å². The molecular weight excluding hydrogens is 392 g/mol. The molecule has 0 spiro atoms. The number of tetrazole rings is 1. The average molecular weight is 428 g/mol. The number of aryl methyl sites for hydroxylation is 1. The number of aliphatic hydroxyl groups excluding tert-OH is 1. The molecule has 0 radical (unpaired) electrons. The number of nitrogens with one attached hydrogen (secondary N) is 2. The number of hydrogen-bond donors (Lipinski definition) is 3. The lowest BCUT2D eigenvalue weighted by Gasteiger charge is -2.30. The zero-order chi connectivity index (χ0) is 22.6. The Bertz CT molecular complexity index is 1070. The summed E-state index contributed by atoms with van der Waals surface area (Å²) in [5.41, 5.74) is 2.39. The van der Waals surface area contributed by atoms with Crippen molar-refractivity contribution >= 4 is 10.9 Å². The van der Waals surface area contributed by atoms with E-state index >= 15 is 0 Å². The Hall–Kier alpha value is -2.58. The Morgan fingerprint density at radius 1 is 1.26 bits per heavy atom. The summed E-state index contributed by atoms with van der Waals surface area (Å²) >= 11 is 0. The number of H-pyrrole nitrogens is 1. The van der Waals surface area contributed by atoms with E-state index < -0.39 is 0 Å². The van der Waals surface area contributed by atoms with Gasteiger partial charge in [0.2, 0.25) is 5.82 Å². The lowest BCUT2D eigenvalue weighted by molar-refractivity contribution is -0.946. The average Bonchev–Trinajstić information content (AvgIpc) is 3.23. The number of aromatic amines is 1. The standard InChI is InChI=1S/C23H34N6O2/c1-6-8-20(21-25-26-27-29(21)23(4,5)7-2)28(11-12-30)15-18-14-17-13-16(3)9-10-19(17)24-22(18)31/h9-10,13-14,20,30H,6-8,11-12,15H2,1-5H3,(H,24,31)/p+1/t20-/m0/s1. The first-order chi connectivity index (χ1) is 14.8. The highest BCUT2D eigenvalue weighted by molar-refractivity contribution is 5.79. The predicted octanol–water partition coefficient (Wildman–Crippen LogP) is 1.89. The topological polar surface area (TPSA) is 101 Å². The summed E-state index contributed by atoms with van der Waals surface area (Å²) in [6, 6.07) is 7.96. The van der Waals surface area contributed by atoms with Gasteiger partial charge in [0, 0.05) is 11.9 Å². The largest absolute Gasteiger partial charge is 0.391 e. The second-order valence-corrected chi connectivity index (χ2v) is 8.98. The zero-order valence-electron chi connectivity index (χ0n) is 19.3. The normalized spacial score (nSPS) is 14.1. The van der Waals surface area contributed by atoms with Gasteiger partial charge in [0.25, 0.3) is 5.56 Å². The number of nitrogens with zero attached hydrogens (tertiary/aromatic N) is 4. The summed E-state index contributed by atoms with van der Waals surface area (Å²) in [6.45, 7) is 11.6. The molecule has 3 rings (SSSR count). The van der Waals surface area contributed by atoms with Crippen molar-refractivity contribution < 1.29 is 10.0 Å². The van der Waals surface area contributed by atoms with E-state index in [-0.39, 0.29) is 23.7 Å². The highest BCUT2D eigenvalue weighted by Crippen LogP contribution is 2.23. The van der Waals surface area contributed by atoms with Crippen LogP contribution in [0.5, 0.6) is 0 Å². The van der Waals surface area contributed by atoms with Crippen molar-refractivity contribution in [3.63, 3.8) is 0 Å². The molecule has 1 unspecified atom stereocenters. The van der Waals surface area contributed by atoms with E-state index in [2.05, 4.69) is 54.3 Å². The van der Waals surface area contributed by atoms with E-state index in [0.29, 0.717) is 18.7 Å². The van der Waals surface area contributed by atoms with Crippen LogP contribution in [0, 0.1) is 6.92 Å². The molecule has 8 heteroatoms. The maximum absolute atomic E-state index is 12.8. The third-order valence-corrected chi connectivity index (χ3v) is 6.24. The van der Waals surface area contributed by atoms with Crippen molar-refractivity contribution in [1.29, 1.82) is 0 Å². The van der Waals surface area contributed by atoms with Gasteiger partial charge in [0.05, 0.1) is 17.7 Å². The third-order valence-electron chi connectivity index (χ3n) is 6.24. The van der Waals surface area contributed by atoms with Crippen LogP contribution in [0.2, 0.25) is 0 Å². The number of rotatable bonds is 10. The second-order valence-electron chi connectivity index (χ2n) is 8.98. The van der Waals surface area contributed by atoms with Crippen molar-refractivity contribution in [2.75, 3.05) is 13.2 Å². The number of pyridine rings is 1. The first-order valence-electron chi connectivity index (χ1n) is 11.2. The zero-order valence-corrected chi connectivity index (χ0v) is 19.3. The summed E-state index contributed by atoms with van der Waals surface area (Å²) in [5.74, 6) is 0.810. The Morgan fingerprint density at radius 3 is 2.71 bits per heavy atom. The van der Waals surface area contributed by atoms with E-state index in [1.54, 1.807) is 0 Å². The molecule has 0 aliphatic heterocycles. The summed E-state index contributed by atoms with van der Waals surface area (Å²) in [4.78, 5) is 16.9. The fourth-order valence-corrected chi connectivity index (χ4v) is 4.07. The first kappa shape index (κ1) is 23.1. The summed E-state index contributed by atoms with van der Waals surface area (Å²) in [5, 5.41) is 23.5. The molecule has 8 nitrogen and oxygen atoms in total. The Labute approximate surface area is 183 Å². The van der Waals surface area contributed by atoms with Gasteiger partial charge in [0.15, 0.2) is 0 Å². The molecule has 2 atom stereocenters. The summed E-state index contributed by atoms with van der Waals surface area (Å²) in [6.07, 6.45) is 2.70. The molecule has 0 saturated heterocycles. The van der Waals surface area contributed by atoms with Crippen LogP contribution in [0.4, 0.5) is 0 Å². The maximum atomic E-state index is 12.8. The minimum Gasteiger partial charge on any atom is -0.391 e. The van der Waals surface area contributed by atoms with Gasteiger partial charge < -0.3 is 15.0 Å². The molecular formula is C23H35N6O2+. The van der Waals surface area contributed by atoms with E-state index in [0.717, 1.165) is 46.5 Å². The Morgan fingerprint density at radius 2 is 2.03 bits per heavy atom. The SMILES string of the molecule is CCC[C@@H](c1nnnn1C(C)(C)CC)[NH+](CCO)Cc1cc2cc(C)ccc2[nH]c1=O. The van der Waals surface area contributed by atoms with Gasteiger partial charge in [-0.1, -0.05) is 31.9 Å². The van der Waals surface area contributed by atoms with Gasteiger partial charge in [-0.15, -0.1) is 5.10 Å². The molecule has 0 fully saturated rings. The quantitative estimate of drug-likeness (QED) is 0.459. The summed E-state index contributed by atoms with van der Waals surface area (Å²) in [7, 11) is 0. The third kappa shape index (κ3) is 5.02. The van der Waals surface area contributed by atoms with Gasteiger partial charge in [0.1, 0.15) is 19.1 Å². The van der Waals surface area contributed by atoms with Crippen molar-refractivity contribution in [3.05, 3.63) is 51.6 Å². The highest BCUT2D eigenvalue weighted by Gasteiger charge is 2.33. The fourth-order valence-electron chi connectivity index (χ4n) is 4.07.